The lowest BCUT2D eigenvalue weighted by Gasteiger charge is -2.17. The number of amides is 1. The van der Waals surface area contributed by atoms with Gasteiger partial charge in [-0.3, -0.25) is 4.79 Å². The summed E-state index contributed by atoms with van der Waals surface area (Å²) in [6.45, 7) is 0.440. The average Bonchev–Trinajstić information content (AvgIpc) is 2.85. The van der Waals surface area contributed by atoms with Crippen molar-refractivity contribution in [1.82, 2.24) is 0 Å². The molecule has 0 heterocycles. The van der Waals surface area contributed by atoms with Gasteiger partial charge in [0, 0.05) is 17.7 Å². The number of carbonyl (C=O) groups is 1. The number of rotatable bonds is 4. The molecule has 116 valence electrons. The lowest BCUT2D eigenvalue weighted by molar-refractivity contribution is -0.274. The van der Waals surface area contributed by atoms with Gasteiger partial charge in [-0.25, -0.2) is 0 Å². The van der Waals surface area contributed by atoms with E-state index in [2.05, 4.69) is 10.1 Å². The van der Waals surface area contributed by atoms with E-state index in [1.807, 2.05) is 0 Å². The third-order valence-electron chi connectivity index (χ3n) is 3.63. The van der Waals surface area contributed by atoms with Crippen molar-refractivity contribution in [1.29, 1.82) is 0 Å². The van der Waals surface area contributed by atoms with Gasteiger partial charge in [0.1, 0.15) is 5.75 Å². The molecule has 0 unspecified atom stereocenters. The number of ether oxygens (including phenoxy) is 1. The van der Waals surface area contributed by atoms with Crippen molar-refractivity contribution in [2.45, 2.75) is 25.6 Å². The summed E-state index contributed by atoms with van der Waals surface area (Å²) in [6.07, 6.45) is -2.14. The maximum atomic E-state index is 12.2. The Hall–Kier alpha value is -1.76. The molecule has 1 aromatic carbocycles. The zero-order valence-electron chi connectivity index (χ0n) is 11.3. The molecular formula is C14H17F3N2O2. The number of nitrogens with two attached hydrogens (primary N) is 1. The van der Waals surface area contributed by atoms with E-state index in [4.69, 9.17) is 5.73 Å². The SMILES string of the molecule is NC[C@H]1CCC[C@H]1C(=O)Nc1cccc(OC(F)(F)F)c1. The summed E-state index contributed by atoms with van der Waals surface area (Å²) in [5.74, 6) is -0.601. The molecule has 0 saturated heterocycles. The average molecular weight is 302 g/mol. The van der Waals surface area contributed by atoms with Crippen LogP contribution in [0, 0.1) is 11.8 Å². The van der Waals surface area contributed by atoms with E-state index in [1.165, 1.54) is 18.2 Å². The zero-order valence-corrected chi connectivity index (χ0v) is 11.3. The zero-order chi connectivity index (χ0) is 15.5. The van der Waals surface area contributed by atoms with Gasteiger partial charge in [0.25, 0.3) is 0 Å². The summed E-state index contributed by atoms with van der Waals surface area (Å²) in [6, 6.07) is 5.25. The van der Waals surface area contributed by atoms with Crippen LogP contribution >= 0.6 is 0 Å². The van der Waals surface area contributed by atoms with E-state index >= 15 is 0 Å². The highest BCUT2D eigenvalue weighted by molar-refractivity contribution is 5.93. The molecule has 1 aromatic rings. The summed E-state index contributed by atoms with van der Waals surface area (Å²) < 4.78 is 40.3. The summed E-state index contributed by atoms with van der Waals surface area (Å²) in [4.78, 5) is 12.2. The molecule has 3 N–H and O–H groups in total. The maximum absolute atomic E-state index is 12.2. The molecule has 0 aliphatic heterocycles. The quantitative estimate of drug-likeness (QED) is 0.899. The van der Waals surface area contributed by atoms with Crippen molar-refractivity contribution in [2.24, 2.45) is 17.6 Å². The second-order valence-electron chi connectivity index (χ2n) is 5.10. The van der Waals surface area contributed by atoms with E-state index in [-0.39, 0.29) is 29.2 Å². The highest BCUT2D eigenvalue weighted by Gasteiger charge is 2.33. The number of hydrogen-bond acceptors (Lipinski definition) is 3. The first-order valence-electron chi connectivity index (χ1n) is 6.76. The minimum atomic E-state index is -4.75. The number of hydrogen-bond donors (Lipinski definition) is 2. The number of alkyl halides is 3. The largest absolute Gasteiger partial charge is 0.573 e. The smallest absolute Gasteiger partial charge is 0.406 e. The van der Waals surface area contributed by atoms with Crippen LogP contribution in [0.15, 0.2) is 24.3 Å². The molecule has 0 spiro atoms. The van der Waals surface area contributed by atoms with E-state index in [0.717, 1.165) is 25.3 Å². The Labute approximate surface area is 120 Å². The fourth-order valence-electron chi connectivity index (χ4n) is 2.67. The van der Waals surface area contributed by atoms with Crippen molar-refractivity contribution in [2.75, 3.05) is 11.9 Å². The molecule has 1 aliphatic carbocycles. The van der Waals surface area contributed by atoms with Crippen molar-refractivity contribution < 1.29 is 22.7 Å². The van der Waals surface area contributed by atoms with E-state index < -0.39 is 6.36 Å². The minimum Gasteiger partial charge on any atom is -0.406 e. The maximum Gasteiger partial charge on any atom is 0.573 e. The highest BCUT2D eigenvalue weighted by atomic mass is 19.4. The van der Waals surface area contributed by atoms with Crippen molar-refractivity contribution in [3.05, 3.63) is 24.3 Å². The number of anilines is 1. The lowest BCUT2D eigenvalue weighted by atomic mass is 9.95. The molecule has 0 bridgehead atoms. The van der Waals surface area contributed by atoms with Crippen LogP contribution in [0.3, 0.4) is 0 Å². The van der Waals surface area contributed by atoms with Crippen LogP contribution in [0.4, 0.5) is 18.9 Å². The van der Waals surface area contributed by atoms with E-state index in [9.17, 15) is 18.0 Å². The normalized spacial score (nSPS) is 22.1. The van der Waals surface area contributed by atoms with Crippen LogP contribution in [0.2, 0.25) is 0 Å². The molecule has 21 heavy (non-hydrogen) atoms. The number of benzene rings is 1. The third kappa shape index (κ3) is 4.35. The highest BCUT2D eigenvalue weighted by Crippen LogP contribution is 2.32. The van der Waals surface area contributed by atoms with Crippen LogP contribution in [0.1, 0.15) is 19.3 Å². The number of nitrogens with one attached hydrogen (secondary N) is 1. The molecule has 7 heteroatoms. The Morgan fingerprint density at radius 3 is 2.81 bits per heavy atom. The molecule has 1 aliphatic rings. The Kier molecular flexibility index (Phi) is 4.72. The molecule has 1 amide bonds. The van der Waals surface area contributed by atoms with Gasteiger partial charge >= 0.3 is 6.36 Å². The molecule has 4 nitrogen and oxygen atoms in total. The van der Waals surface area contributed by atoms with Crippen molar-refractivity contribution >= 4 is 11.6 Å². The van der Waals surface area contributed by atoms with Crippen LogP contribution in [-0.2, 0) is 4.79 Å². The summed E-state index contributed by atoms with van der Waals surface area (Å²) in [5.41, 5.74) is 5.91. The summed E-state index contributed by atoms with van der Waals surface area (Å²) in [5, 5.41) is 2.63. The van der Waals surface area contributed by atoms with Gasteiger partial charge in [-0.15, -0.1) is 13.2 Å². The first-order chi connectivity index (χ1) is 9.89. The number of carbonyl (C=O) groups excluding carboxylic acids is 1. The molecule has 1 fully saturated rings. The minimum absolute atomic E-state index is 0.139. The van der Waals surface area contributed by atoms with Gasteiger partial charge < -0.3 is 15.8 Å². The van der Waals surface area contributed by atoms with E-state index in [1.54, 1.807) is 0 Å². The van der Waals surface area contributed by atoms with E-state index in [0.29, 0.717) is 6.54 Å². The summed E-state index contributed by atoms with van der Waals surface area (Å²) >= 11 is 0. The Morgan fingerprint density at radius 2 is 2.14 bits per heavy atom. The first-order valence-corrected chi connectivity index (χ1v) is 6.76. The Balaban J connectivity index is 2.02. The van der Waals surface area contributed by atoms with Crippen LogP contribution in [-0.4, -0.2) is 18.8 Å². The van der Waals surface area contributed by atoms with Crippen LogP contribution < -0.4 is 15.8 Å². The summed E-state index contributed by atoms with van der Waals surface area (Å²) in [7, 11) is 0. The predicted molar refractivity (Wildman–Crippen MR) is 71.6 cm³/mol. The second-order valence-corrected chi connectivity index (χ2v) is 5.10. The van der Waals surface area contributed by atoms with Gasteiger partial charge in [-0.1, -0.05) is 12.5 Å². The third-order valence-corrected chi connectivity index (χ3v) is 3.63. The fraction of sp³-hybridized carbons (Fsp3) is 0.500. The molecule has 2 rings (SSSR count). The second kappa shape index (κ2) is 6.34. The molecule has 1 saturated carbocycles. The molecular weight excluding hydrogens is 285 g/mol. The lowest BCUT2D eigenvalue weighted by Crippen LogP contribution is -2.29. The van der Waals surface area contributed by atoms with Crippen molar-refractivity contribution in [3.8, 4) is 5.75 Å². The molecule has 2 atom stereocenters. The first kappa shape index (κ1) is 15.6. The van der Waals surface area contributed by atoms with Gasteiger partial charge in [-0.05, 0) is 37.4 Å². The van der Waals surface area contributed by atoms with Crippen LogP contribution in [0.25, 0.3) is 0 Å². The Morgan fingerprint density at radius 1 is 1.38 bits per heavy atom. The van der Waals surface area contributed by atoms with Gasteiger partial charge in [0.15, 0.2) is 0 Å². The van der Waals surface area contributed by atoms with Crippen molar-refractivity contribution in [3.63, 3.8) is 0 Å². The number of halogens is 3. The predicted octanol–water partition coefficient (Wildman–Crippen LogP) is 2.90. The standard InChI is InChI=1S/C14H17F3N2O2/c15-14(16,17)21-11-5-2-4-10(7-11)19-13(20)12-6-1-3-9(12)8-18/h2,4-5,7,9,12H,1,3,6,8,18H2,(H,19,20)/t9-,12-/m1/s1. The molecule has 0 aromatic heterocycles. The van der Waals surface area contributed by atoms with Gasteiger partial charge in [0.2, 0.25) is 5.91 Å². The molecule has 0 radical (unpaired) electrons. The monoisotopic (exact) mass is 302 g/mol. The van der Waals surface area contributed by atoms with Gasteiger partial charge in [-0.2, -0.15) is 0 Å². The fourth-order valence-corrected chi connectivity index (χ4v) is 2.67. The van der Waals surface area contributed by atoms with Crippen LogP contribution in [0.5, 0.6) is 5.75 Å². The Bertz CT molecular complexity index is 505. The van der Waals surface area contributed by atoms with Gasteiger partial charge in [0.05, 0.1) is 0 Å². The topological polar surface area (TPSA) is 64.4 Å².